The lowest BCUT2D eigenvalue weighted by atomic mass is 10.1. The van der Waals surface area contributed by atoms with Crippen LogP contribution in [0, 0.1) is 13.8 Å². The number of halogens is 1. The predicted molar refractivity (Wildman–Crippen MR) is 98.5 cm³/mol. The fourth-order valence-corrected chi connectivity index (χ4v) is 3.63. The molecule has 2 aromatic rings. The van der Waals surface area contributed by atoms with Crippen molar-refractivity contribution in [3.05, 3.63) is 58.1 Å². The van der Waals surface area contributed by atoms with Crippen molar-refractivity contribution in [3.8, 4) is 0 Å². The summed E-state index contributed by atoms with van der Waals surface area (Å²) in [7, 11) is -3.76. The minimum Gasteiger partial charge on any atom is -0.324 e. The van der Waals surface area contributed by atoms with Gasteiger partial charge < -0.3 is 5.32 Å². The molecule has 2 rings (SSSR count). The molecule has 7 heteroatoms. The Morgan fingerprint density at radius 2 is 1.71 bits per heavy atom. The van der Waals surface area contributed by atoms with E-state index in [4.69, 9.17) is 0 Å². The van der Waals surface area contributed by atoms with Gasteiger partial charge in [0.05, 0.1) is 10.9 Å². The number of nitrogens with one attached hydrogen (secondary N) is 2. The Morgan fingerprint density at radius 1 is 1.08 bits per heavy atom. The van der Waals surface area contributed by atoms with Crippen LogP contribution in [0.2, 0.25) is 0 Å². The van der Waals surface area contributed by atoms with Crippen LogP contribution in [0.3, 0.4) is 0 Å². The zero-order valence-corrected chi connectivity index (χ0v) is 16.0. The standard InChI is InChI=1S/C17H19BrN2O3S/c1-11-4-9-16(12(2)10-11)19-17(21)13(3)20-24(22,23)15-7-5-14(18)6-8-15/h4-10,13,20H,1-3H3,(H,19,21)/t13-/m0/s1. The summed E-state index contributed by atoms with van der Waals surface area (Å²) in [5, 5.41) is 2.75. The Kier molecular flexibility index (Phi) is 5.79. The van der Waals surface area contributed by atoms with Gasteiger partial charge in [0, 0.05) is 10.2 Å². The Labute approximate surface area is 150 Å². The van der Waals surface area contributed by atoms with Gasteiger partial charge in [0.15, 0.2) is 0 Å². The van der Waals surface area contributed by atoms with Crippen LogP contribution in [-0.4, -0.2) is 20.4 Å². The largest absolute Gasteiger partial charge is 0.324 e. The molecule has 0 fully saturated rings. The molecule has 0 spiro atoms. The van der Waals surface area contributed by atoms with Gasteiger partial charge in [-0.1, -0.05) is 33.6 Å². The Hall–Kier alpha value is -1.70. The third kappa shape index (κ3) is 4.66. The average Bonchev–Trinajstić information content (AvgIpc) is 2.50. The maximum atomic E-state index is 12.3. The Bertz CT molecular complexity index is 849. The van der Waals surface area contributed by atoms with Crippen molar-refractivity contribution in [2.45, 2.75) is 31.7 Å². The zero-order chi connectivity index (χ0) is 17.9. The van der Waals surface area contributed by atoms with Gasteiger partial charge in [0.25, 0.3) is 0 Å². The Morgan fingerprint density at radius 3 is 2.29 bits per heavy atom. The number of rotatable bonds is 5. The van der Waals surface area contributed by atoms with E-state index in [1.807, 2.05) is 26.0 Å². The molecule has 128 valence electrons. The fourth-order valence-electron chi connectivity index (χ4n) is 2.16. The number of hydrogen-bond donors (Lipinski definition) is 2. The van der Waals surface area contributed by atoms with Crippen molar-refractivity contribution in [3.63, 3.8) is 0 Å². The summed E-state index contributed by atoms with van der Waals surface area (Å²) in [5.41, 5.74) is 2.68. The normalized spacial score (nSPS) is 12.7. The van der Waals surface area contributed by atoms with Gasteiger partial charge in [-0.25, -0.2) is 8.42 Å². The van der Waals surface area contributed by atoms with Crippen LogP contribution in [0.5, 0.6) is 0 Å². The maximum Gasteiger partial charge on any atom is 0.242 e. The number of carbonyl (C=O) groups is 1. The van der Waals surface area contributed by atoms with Crippen molar-refractivity contribution >= 4 is 37.5 Å². The third-order valence-corrected chi connectivity index (χ3v) is 5.57. The average molecular weight is 411 g/mol. The van der Waals surface area contributed by atoms with Gasteiger partial charge in [-0.2, -0.15) is 4.72 Å². The second-order valence-electron chi connectivity index (χ2n) is 5.60. The van der Waals surface area contributed by atoms with E-state index in [1.165, 1.54) is 19.1 Å². The molecule has 0 saturated carbocycles. The van der Waals surface area contributed by atoms with Crippen molar-refractivity contribution in [1.82, 2.24) is 4.72 Å². The summed E-state index contributed by atoms with van der Waals surface area (Å²) in [6.45, 7) is 5.36. The van der Waals surface area contributed by atoms with E-state index < -0.39 is 22.0 Å². The lowest BCUT2D eigenvalue weighted by Gasteiger charge is -2.16. The molecule has 0 aliphatic carbocycles. The molecule has 0 aliphatic rings. The molecule has 0 bridgehead atoms. The van der Waals surface area contributed by atoms with Gasteiger partial charge in [-0.05, 0) is 56.7 Å². The molecule has 2 aromatic carbocycles. The van der Waals surface area contributed by atoms with Crippen molar-refractivity contribution < 1.29 is 13.2 Å². The monoisotopic (exact) mass is 410 g/mol. The van der Waals surface area contributed by atoms with E-state index in [9.17, 15) is 13.2 Å². The first-order valence-corrected chi connectivity index (χ1v) is 9.62. The van der Waals surface area contributed by atoms with Crippen molar-refractivity contribution in [2.24, 2.45) is 0 Å². The maximum absolute atomic E-state index is 12.3. The number of anilines is 1. The lowest BCUT2D eigenvalue weighted by Crippen LogP contribution is -2.41. The van der Waals surface area contributed by atoms with Crippen LogP contribution in [0.15, 0.2) is 51.8 Å². The molecule has 0 saturated heterocycles. The highest BCUT2D eigenvalue weighted by Crippen LogP contribution is 2.17. The second kappa shape index (κ2) is 7.46. The van der Waals surface area contributed by atoms with Crippen LogP contribution in [0.25, 0.3) is 0 Å². The summed E-state index contributed by atoms with van der Waals surface area (Å²) < 4.78 is 27.8. The second-order valence-corrected chi connectivity index (χ2v) is 8.23. The van der Waals surface area contributed by atoms with Crippen LogP contribution in [0.1, 0.15) is 18.1 Å². The number of aryl methyl sites for hydroxylation is 2. The molecule has 5 nitrogen and oxygen atoms in total. The highest BCUT2D eigenvalue weighted by molar-refractivity contribution is 9.10. The molecule has 0 radical (unpaired) electrons. The van der Waals surface area contributed by atoms with Crippen LogP contribution in [0.4, 0.5) is 5.69 Å². The van der Waals surface area contributed by atoms with E-state index in [0.717, 1.165) is 15.6 Å². The summed E-state index contributed by atoms with van der Waals surface area (Å²) in [5.74, 6) is -0.414. The van der Waals surface area contributed by atoms with Crippen LogP contribution >= 0.6 is 15.9 Å². The van der Waals surface area contributed by atoms with E-state index >= 15 is 0 Å². The molecule has 24 heavy (non-hydrogen) atoms. The number of sulfonamides is 1. The van der Waals surface area contributed by atoms with Gasteiger partial charge in [-0.15, -0.1) is 0 Å². The minimum absolute atomic E-state index is 0.108. The van der Waals surface area contributed by atoms with E-state index in [0.29, 0.717) is 5.69 Å². The molecular weight excluding hydrogens is 392 g/mol. The smallest absolute Gasteiger partial charge is 0.242 e. The fraction of sp³-hybridized carbons (Fsp3) is 0.235. The first-order valence-electron chi connectivity index (χ1n) is 7.35. The third-order valence-electron chi connectivity index (χ3n) is 3.49. The number of hydrogen-bond acceptors (Lipinski definition) is 3. The van der Waals surface area contributed by atoms with Crippen molar-refractivity contribution in [2.75, 3.05) is 5.32 Å². The molecule has 1 amide bonds. The molecule has 0 aliphatic heterocycles. The molecule has 0 unspecified atom stereocenters. The highest BCUT2D eigenvalue weighted by atomic mass is 79.9. The molecule has 0 aromatic heterocycles. The van der Waals surface area contributed by atoms with Crippen LogP contribution in [-0.2, 0) is 14.8 Å². The molecule has 0 heterocycles. The SMILES string of the molecule is Cc1ccc(NC(=O)[C@H](C)NS(=O)(=O)c2ccc(Br)cc2)c(C)c1. The summed E-state index contributed by atoms with van der Waals surface area (Å²) in [6, 6.07) is 11.0. The quantitative estimate of drug-likeness (QED) is 0.792. The Balaban J connectivity index is 2.09. The van der Waals surface area contributed by atoms with Gasteiger partial charge in [0.2, 0.25) is 15.9 Å². The van der Waals surface area contributed by atoms with Gasteiger partial charge in [-0.3, -0.25) is 4.79 Å². The van der Waals surface area contributed by atoms with E-state index in [2.05, 4.69) is 26.0 Å². The molecular formula is C17H19BrN2O3S. The number of amides is 1. The van der Waals surface area contributed by atoms with E-state index in [1.54, 1.807) is 18.2 Å². The van der Waals surface area contributed by atoms with E-state index in [-0.39, 0.29) is 4.90 Å². The lowest BCUT2D eigenvalue weighted by molar-refractivity contribution is -0.117. The molecule has 2 N–H and O–H groups in total. The number of carbonyl (C=O) groups excluding carboxylic acids is 1. The summed E-state index contributed by atoms with van der Waals surface area (Å²) >= 11 is 3.26. The van der Waals surface area contributed by atoms with Crippen LogP contribution < -0.4 is 10.0 Å². The predicted octanol–water partition coefficient (Wildman–Crippen LogP) is 3.37. The summed E-state index contributed by atoms with van der Waals surface area (Å²) in [6.07, 6.45) is 0. The first kappa shape index (κ1) is 18.6. The molecule has 1 atom stereocenters. The first-order chi connectivity index (χ1) is 11.2. The number of benzene rings is 2. The minimum atomic E-state index is -3.76. The summed E-state index contributed by atoms with van der Waals surface area (Å²) in [4.78, 5) is 12.4. The van der Waals surface area contributed by atoms with Gasteiger partial charge >= 0.3 is 0 Å². The van der Waals surface area contributed by atoms with Crippen molar-refractivity contribution in [1.29, 1.82) is 0 Å². The van der Waals surface area contributed by atoms with Gasteiger partial charge in [0.1, 0.15) is 0 Å². The highest BCUT2D eigenvalue weighted by Gasteiger charge is 2.22. The zero-order valence-electron chi connectivity index (χ0n) is 13.6. The topological polar surface area (TPSA) is 75.3 Å².